The predicted octanol–water partition coefficient (Wildman–Crippen LogP) is 1.84. The van der Waals surface area contributed by atoms with E-state index in [-0.39, 0.29) is 0 Å². The van der Waals surface area contributed by atoms with E-state index in [2.05, 4.69) is 21.0 Å². The molecule has 0 aliphatic heterocycles. The van der Waals surface area contributed by atoms with Gasteiger partial charge in [0.1, 0.15) is 6.29 Å². The average Bonchev–Trinajstić information content (AvgIpc) is 2.49. The molecule has 2 aromatic rings. The second-order valence-corrected chi connectivity index (χ2v) is 3.63. The fraction of sp³-hybridized carbons (Fsp3) is 0.111. The normalized spacial score (nSPS) is 10.5. The van der Waals surface area contributed by atoms with E-state index in [4.69, 9.17) is 0 Å². The molecule has 0 spiro atoms. The summed E-state index contributed by atoms with van der Waals surface area (Å²) >= 11 is 3.37. The van der Waals surface area contributed by atoms with Crippen LogP contribution in [0.5, 0.6) is 0 Å². The van der Waals surface area contributed by atoms with Crippen molar-refractivity contribution in [3.05, 3.63) is 34.6 Å². The Hall–Kier alpha value is -1.16. The van der Waals surface area contributed by atoms with Crippen LogP contribution in [0.4, 0.5) is 0 Å². The first-order chi connectivity index (χ1) is 6.31. The highest BCUT2D eigenvalue weighted by atomic mass is 79.9. The van der Waals surface area contributed by atoms with Crippen molar-refractivity contribution in [2.45, 2.75) is 6.42 Å². The lowest BCUT2D eigenvalue weighted by Crippen LogP contribution is -1.87. The van der Waals surface area contributed by atoms with Crippen LogP contribution in [0, 0.1) is 0 Å². The minimum absolute atomic E-state index is 0.417. The third-order valence-electron chi connectivity index (χ3n) is 1.87. The largest absolute Gasteiger partial charge is 0.303 e. The molecule has 0 saturated carbocycles. The number of hydrogen-bond acceptors (Lipinski definition) is 2. The number of nitrogens with zero attached hydrogens (tertiary/aromatic N) is 2. The molecule has 0 unspecified atom stereocenters. The van der Waals surface area contributed by atoms with Gasteiger partial charge in [-0.1, -0.05) is 15.9 Å². The van der Waals surface area contributed by atoms with Gasteiger partial charge >= 0.3 is 0 Å². The van der Waals surface area contributed by atoms with Crippen LogP contribution in [0.25, 0.3) is 5.52 Å². The topological polar surface area (TPSA) is 34.4 Å². The van der Waals surface area contributed by atoms with Gasteiger partial charge in [-0.05, 0) is 12.1 Å². The predicted molar refractivity (Wildman–Crippen MR) is 52.7 cm³/mol. The zero-order chi connectivity index (χ0) is 9.26. The number of fused-ring (bicyclic) bond motifs is 1. The van der Waals surface area contributed by atoms with Crippen LogP contribution >= 0.6 is 15.9 Å². The summed E-state index contributed by atoms with van der Waals surface area (Å²) in [6, 6.07) is 3.86. The molecule has 0 atom stereocenters. The number of hydrogen-bond donors (Lipinski definition) is 0. The summed E-state index contributed by atoms with van der Waals surface area (Å²) in [7, 11) is 0. The van der Waals surface area contributed by atoms with Crippen LogP contribution in [0.2, 0.25) is 0 Å². The maximum absolute atomic E-state index is 10.4. The van der Waals surface area contributed by atoms with Crippen LogP contribution in [-0.2, 0) is 11.2 Å². The van der Waals surface area contributed by atoms with Gasteiger partial charge in [-0.25, -0.2) is 4.52 Å². The van der Waals surface area contributed by atoms with Crippen molar-refractivity contribution >= 4 is 27.7 Å². The summed E-state index contributed by atoms with van der Waals surface area (Å²) in [6.07, 6.45) is 4.88. The molecule has 0 amide bonds. The Morgan fingerprint density at radius 3 is 3.23 bits per heavy atom. The number of pyridine rings is 1. The van der Waals surface area contributed by atoms with Gasteiger partial charge in [0.15, 0.2) is 0 Å². The number of halogens is 1. The number of aromatic nitrogens is 2. The highest BCUT2D eigenvalue weighted by molar-refractivity contribution is 9.10. The smallest absolute Gasteiger partial charge is 0.124 e. The van der Waals surface area contributed by atoms with Crippen LogP contribution in [-0.4, -0.2) is 15.9 Å². The van der Waals surface area contributed by atoms with Crippen LogP contribution < -0.4 is 0 Å². The van der Waals surface area contributed by atoms with Gasteiger partial charge in [-0.3, -0.25) is 0 Å². The van der Waals surface area contributed by atoms with Gasteiger partial charge in [0, 0.05) is 22.7 Å². The zero-order valence-electron chi connectivity index (χ0n) is 6.77. The Morgan fingerprint density at radius 1 is 1.62 bits per heavy atom. The Kier molecular flexibility index (Phi) is 2.14. The standard InChI is InChI=1S/C9H7BrN2O/c10-8-1-3-12-9(5-8)7(2-4-13)6-11-12/h1,3-6H,2H2. The van der Waals surface area contributed by atoms with Gasteiger partial charge in [-0.2, -0.15) is 5.10 Å². The van der Waals surface area contributed by atoms with Gasteiger partial charge in [0.25, 0.3) is 0 Å². The maximum Gasteiger partial charge on any atom is 0.124 e. The van der Waals surface area contributed by atoms with Crippen molar-refractivity contribution in [1.82, 2.24) is 9.61 Å². The van der Waals surface area contributed by atoms with E-state index in [1.165, 1.54) is 0 Å². The highest BCUT2D eigenvalue weighted by Crippen LogP contribution is 2.16. The van der Waals surface area contributed by atoms with Gasteiger partial charge in [0.05, 0.1) is 11.7 Å². The minimum Gasteiger partial charge on any atom is -0.303 e. The molecule has 2 rings (SSSR count). The molecule has 2 heterocycles. The summed E-state index contributed by atoms with van der Waals surface area (Å²) < 4.78 is 2.75. The second kappa shape index (κ2) is 3.30. The number of aldehydes is 1. The maximum atomic E-state index is 10.4. The quantitative estimate of drug-likeness (QED) is 0.749. The molecule has 0 aliphatic rings. The Bertz CT molecular complexity index is 450. The molecule has 3 nitrogen and oxygen atoms in total. The molecular formula is C9H7BrN2O. The monoisotopic (exact) mass is 238 g/mol. The summed E-state index contributed by atoms with van der Waals surface area (Å²) in [5, 5.41) is 4.12. The molecule has 0 saturated heterocycles. The summed E-state index contributed by atoms with van der Waals surface area (Å²) in [4.78, 5) is 10.4. The first-order valence-electron chi connectivity index (χ1n) is 3.86. The number of rotatable bonds is 2. The molecule has 0 bridgehead atoms. The Balaban J connectivity index is 2.64. The zero-order valence-corrected chi connectivity index (χ0v) is 8.36. The molecule has 0 radical (unpaired) electrons. The van der Waals surface area contributed by atoms with Crippen LogP contribution in [0.15, 0.2) is 29.0 Å². The Morgan fingerprint density at radius 2 is 2.46 bits per heavy atom. The molecule has 4 heteroatoms. The van der Waals surface area contributed by atoms with Crippen molar-refractivity contribution in [2.75, 3.05) is 0 Å². The van der Waals surface area contributed by atoms with Gasteiger partial charge < -0.3 is 4.79 Å². The summed E-state index contributed by atoms with van der Waals surface area (Å²) in [5.41, 5.74) is 1.93. The fourth-order valence-corrected chi connectivity index (χ4v) is 1.59. The molecule has 0 N–H and O–H groups in total. The SMILES string of the molecule is O=CCc1cnn2ccc(Br)cc12. The van der Waals surface area contributed by atoms with Crippen LogP contribution in [0.3, 0.4) is 0 Å². The van der Waals surface area contributed by atoms with Gasteiger partial charge in [0.2, 0.25) is 0 Å². The van der Waals surface area contributed by atoms with E-state index < -0.39 is 0 Å². The van der Waals surface area contributed by atoms with E-state index >= 15 is 0 Å². The molecule has 13 heavy (non-hydrogen) atoms. The lowest BCUT2D eigenvalue weighted by Gasteiger charge is -1.95. The number of carbonyl (C=O) groups excluding carboxylic acids is 1. The number of carbonyl (C=O) groups is 1. The van der Waals surface area contributed by atoms with E-state index in [0.717, 1.165) is 21.8 Å². The molecule has 2 aromatic heterocycles. The first kappa shape index (κ1) is 8.44. The molecular weight excluding hydrogens is 232 g/mol. The molecule has 0 fully saturated rings. The summed E-state index contributed by atoms with van der Waals surface area (Å²) in [5.74, 6) is 0. The summed E-state index contributed by atoms with van der Waals surface area (Å²) in [6.45, 7) is 0. The second-order valence-electron chi connectivity index (χ2n) is 2.72. The molecule has 0 aliphatic carbocycles. The first-order valence-corrected chi connectivity index (χ1v) is 4.66. The molecule has 0 aromatic carbocycles. The van der Waals surface area contributed by atoms with E-state index in [9.17, 15) is 4.79 Å². The minimum atomic E-state index is 0.417. The highest BCUT2D eigenvalue weighted by Gasteiger charge is 2.02. The van der Waals surface area contributed by atoms with E-state index in [1.807, 2.05) is 18.3 Å². The third-order valence-corrected chi connectivity index (χ3v) is 2.36. The van der Waals surface area contributed by atoms with Crippen LogP contribution in [0.1, 0.15) is 5.56 Å². The lowest BCUT2D eigenvalue weighted by molar-refractivity contribution is -0.107. The van der Waals surface area contributed by atoms with Crippen molar-refractivity contribution in [2.24, 2.45) is 0 Å². The van der Waals surface area contributed by atoms with Crippen molar-refractivity contribution in [3.63, 3.8) is 0 Å². The Labute approximate surface area is 83.5 Å². The van der Waals surface area contributed by atoms with Crippen molar-refractivity contribution in [1.29, 1.82) is 0 Å². The molecule has 66 valence electrons. The van der Waals surface area contributed by atoms with Crippen molar-refractivity contribution < 1.29 is 4.79 Å². The third kappa shape index (κ3) is 1.49. The van der Waals surface area contributed by atoms with E-state index in [1.54, 1.807) is 10.7 Å². The van der Waals surface area contributed by atoms with Gasteiger partial charge in [-0.15, -0.1) is 0 Å². The average molecular weight is 239 g/mol. The lowest BCUT2D eigenvalue weighted by atomic mass is 10.2. The fourth-order valence-electron chi connectivity index (χ4n) is 1.25. The van der Waals surface area contributed by atoms with Crippen molar-refractivity contribution in [3.8, 4) is 0 Å². The van der Waals surface area contributed by atoms with E-state index in [0.29, 0.717) is 6.42 Å².